The first-order valence-electron chi connectivity index (χ1n) is 5.51. The molecule has 1 aliphatic heterocycles. The molecule has 1 aromatic heterocycles. The lowest BCUT2D eigenvalue weighted by Gasteiger charge is -2.20. The molecule has 0 unspecified atom stereocenters. The van der Waals surface area contributed by atoms with Crippen LogP contribution < -0.4 is 4.90 Å². The van der Waals surface area contributed by atoms with E-state index in [0.29, 0.717) is 18.0 Å². The van der Waals surface area contributed by atoms with Gasteiger partial charge >= 0.3 is 6.09 Å². The lowest BCUT2D eigenvalue weighted by Crippen LogP contribution is -2.34. The molecule has 0 spiro atoms. The van der Waals surface area contributed by atoms with Crippen LogP contribution in [0.15, 0.2) is 12.1 Å². The molecule has 0 saturated carbocycles. The summed E-state index contributed by atoms with van der Waals surface area (Å²) in [7, 11) is 0. The SMILES string of the molecule is CC[C@H]1COC(=O)N1c1nc(C)ccc1C#N. The van der Waals surface area contributed by atoms with Gasteiger partial charge in [0.25, 0.3) is 0 Å². The monoisotopic (exact) mass is 231 g/mol. The number of aryl methyl sites for hydroxylation is 1. The summed E-state index contributed by atoms with van der Waals surface area (Å²) in [6, 6.07) is 5.45. The Bertz CT molecular complexity index is 493. The highest BCUT2D eigenvalue weighted by Gasteiger charge is 2.35. The first kappa shape index (κ1) is 11.4. The van der Waals surface area contributed by atoms with Gasteiger partial charge in [0.2, 0.25) is 0 Å². The van der Waals surface area contributed by atoms with E-state index >= 15 is 0 Å². The largest absolute Gasteiger partial charge is 0.447 e. The Hall–Kier alpha value is -2.09. The number of nitrogens with zero attached hydrogens (tertiary/aromatic N) is 3. The van der Waals surface area contributed by atoms with Crippen molar-refractivity contribution in [2.45, 2.75) is 26.3 Å². The number of carbonyl (C=O) groups is 1. The number of carbonyl (C=O) groups excluding carboxylic acids is 1. The molecule has 0 aromatic carbocycles. The molecule has 1 aromatic rings. The Morgan fingerprint density at radius 3 is 3.06 bits per heavy atom. The molecule has 5 nitrogen and oxygen atoms in total. The molecule has 1 aliphatic rings. The highest BCUT2D eigenvalue weighted by Crippen LogP contribution is 2.26. The zero-order valence-corrected chi connectivity index (χ0v) is 9.80. The van der Waals surface area contributed by atoms with Crippen molar-refractivity contribution >= 4 is 11.9 Å². The number of hydrogen-bond donors (Lipinski definition) is 0. The van der Waals surface area contributed by atoms with Gasteiger partial charge in [0.15, 0.2) is 5.82 Å². The van der Waals surface area contributed by atoms with Gasteiger partial charge in [-0.3, -0.25) is 4.90 Å². The van der Waals surface area contributed by atoms with Crippen molar-refractivity contribution in [3.8, 4) is 6.07 Å². The van der Waals surface area contributed by atoms with Gasteiger partial charge in [-0.15, -0.1) is 0 Å². The van der Waals surface area contributed by atoms with Crippen LogP contribution in [0.5, 0.6) is 0 Å². The number of aromatic nitrogens is 1. The van der Waals surface area contributed by atoms with E-state index in [0.717, 1.165) is 12.1 Å². The standard InChI is InChI=1S/C12H13N3O2/c1-3-10-7-17-12(16)15(10)11-9(6-13)5-4-8(2)14-11/h4-5,10H,3,7H2,1-2H3/t10-/m0/s1. The number of ether oxygens (including phenoxy) is 1. The zero-order valence-electron chi connectivity index (χ0n) is 9.80. The molecule has 0 radical (unpaired) electrons. The summed E-state index contributed by atoms with van der Waals surface area (Å²) >= 11 is 0. The van der Waals surface area contributed by atoms with Gasteiger partial charge in [-0.1, -0.05) is 6.92 Å². The Labute approximate surface area is 99.6 Å². The van der Waals surface area contributed by atoms with Crippen LogP contribution >= 0.6 is 0 Å². The van der Waals surface area contributed by atoms with Crippen LogP contribution in [0.1, 0.15) is 24.6 Å². The molecule has 5 heteroatoms. The lowest BCUT2D eigenvalue weighted by atomic mass is 10.2. The summed E-state index contributed by atoms with van der Waals surface area (Å²) in [6.45, 7) is 4.16. The van der Waals surface area contributed by atoms with Crippen LogP contribution in [0, 0.1) is 18.3 Å². The van der Waals surface area contributed by atoms with Crippen molar-refractivity contribution in [1.29, 1.82) is 5.26 Å². The van der Waals surface area contributed by atoms with Crippen LogP contribution in [0.2, 0.25) is 0 Å². The number of cyclic esters (lactones) is 1. The van der Waals surface area contributed by atoms with E-state index in [1.165, 1.54) is 4.90 Å². The maximum Gasteiger partial charge on any atom is 0.415 e. The maximum atomic E-state index is 11.7. The normalized spacial score (nSPS) is 19.0. The van der Waals surface area contributed by atoms with Crippen LogP contribution in [0.4, 0.5) is 10.6 Å². The van der Waals surface area contributed by atoms with Gasteiger partial charge in [0, 0.05) is 5.69 Å². The van der Waals surface area contributed by atoms with Gasteiger partial charge in [0.05, 0.1) is 11.6 Å². The van der Waals surface area contributed by atoms with Crippen molar-refractivity contribution in [3.63, 3.8) is 0 Å². The maximum absolute atomic E-state index is 11.7. The fraction of sp³-hybridized carbons (Fsp3) is 0.417. The highest BCUT2D eigenvalue weighted by molar-refractivity contribution is 5.90. The molecule has 2 rings (SSSR count). The van der Waals surface area contributed by atoms with Crippen molar-refractivity contribution in [2.75, 3.05) is 11.5 Å². The van der Waals surface area contributed by atoms with Crippen LogP contribution in [-0.4, -0.2) is 23.7 Å². The number of hydrogen-bond acceptors (Lipinski definition) is 4. The van der Waals surface area contributed by atoms with Gasteiger partial charge in [-0.2, -0.15) is 5.26 Å². The number of nitriles is 1. The Kier molecular flexibility index (Phi) is 2.96. The van der Waals surface area contributed by atoms with E-state index in [1.807, 2.05) is 13.8 Å². The Balaban J connectivity index is 2.48. The highest BCUT2D eigenvalue weighted by atomic mass is 16.6. The molecule has 1 amide bonds. The smallest absolute Gasteiger partial charge is 0.415 e. The zero-order chi connectivity index (χ0) is 12.4. The molecule has 1 saturated heterocycles. The number of anilines is 1. The molecule has 2 heterocycles. The summed E-state index contributed by atoms with van der Waals surface area (Å²) < 4.78 is 5.00. The van der Waals surface area contributed by atoms with Crippen molar-refractivity contribution in [2.24, 2.45) is 0 Å². The minimum atomic E-state index is -0.425. The van der Waals surface area contributed by atoms with E-state index in [1.54, 1.807) is 12.1 Å². The minimum absolute atomic E-state index is 0.0381. The van der Waals surface area contributed by atoms with Crippen molar-refractivity contribution in [3.05, 3.63) is 23.4 Å². The van der Waals surface area contributed by atoms with Crippen LogP contribution in [0.3, 0.4) is 0 Å². The average molecular weight is 231 g/mol. The predicted octanol–water partition coefficient (Wildman–Crippen LogP) is 2.00. The summed E-state index contributed by atoms with van der Waals surface area (Å²) in [4.78, 5) is 17.4. The van der Waals surface area contributed by atoms with Gasteiger partial charge in [-0.25, -0.2) is 9.78 Å². The third kappa shape index (κ3) is 1.94. The first-order chi connectivity index (χ1) is 8.17. The molecular formula is C12H13N3O2. The Morgan fingerprint density at radius 1 is 1.65 bits per heavy atom. The van der Waals surface area contributed by atoms with Gasteiger partial charge in [-0.05, 0) is 25.5 Å². The summed E-state index contributed by atoms with van der Waals surface area (Å²) in [6.07, 6.45) is 0.345. The minimum Gasteiger partial charge on any atom is -0.447 e. The second-order valence-electron chi connectivity index (χ2n) is 3.94. The molecule has 88 valence electrons. The molecule has 17 heavy (non-hydrogen) atoms. The van der Waals surface area contributed by atoms with Crippen molar-refractivity contribution < 1.29 is 9.53 Å². The van der Waals surface area contributed by atoms with E-state index in [4.69, 9.17) is 10.00 Å². The first-order valence-corrected chi connectivity index (χ1v) is 5.51. The summed E-state index contributed by atoms with van der Waals surface area (Å²) in [5.41, 5.74) is 1.17. The van der Waals surface area contributed by atoms with E-state index < -0.39 is 6.09 Å². The molecule has 0 bridgehead atoms. The molecular weight excluding hydrogens is 218 g/mol. The van der Waals surface area contributed by atoms with Gasteiger partial charge < -0.3 is 4.74 Å². The average Bonchev–Trinajstić information content (AvgIpc) is 2.70. The van der Waals surface area contributed by atoms with Crippen LogP contribution in [-0.2, 0) is 4.74 Å². The van der Waals surface area contributed by atoms with E-state index in [-0.39, 0.29) is 6.04 Å². The lowest BCUT2D eigenvalue weighted by molar-refractivity contribution is 0.178. The summed E-state index contributed by atoms with van der Waals surface area (Å²) in [5, 5.41) is 9.05. The third-order valence-electron chi connectivity index (χ3n) is 2.80. The fourth-order valence-corrected chi connectivity index (χ4v) is 1.83. The number of amides is 1. The number of pyridine rings is 1. The molecule has 0 N–H and O–H groups in total. The fourth-order valence-electron chi connectivity index (χ4n) is 1.83. The molecule has 0 aliphatic carbocycles. The Morgan fingerprint density at radius 2 is 2.41 bits per heavy atom. The van der Waals surface area contributed by atoms with E-state index in [9.17, 15) is 4.79 Å². The van der Waals surface area contributed by atoms with Gasteiger partial charge in [0.1, 0.15) is 12.7 Å². The summed E-state index contributed by atoms with van der Waals surface area (Å²) in [5.74, 6) is 0.404. The predicted molar refractivity (Wildman–Crippen MR) is 61.6 cm³/mol. The topological polar surface area (TPSA) is 66.2 Å². The van der Waals surface area contributed by atoms with E-state index in [2.05, 4.69) is 11.1 Å². The van der Waals surface area contributed by atoms with Crippen LogP contribution in [0.25, 0.3) is 0 Å². The third-order valence-corrected chi connectivity index (χ3v) is 2.80. The molecule has 1 fully saturated rings. The second kappa shape index (κ2) is 4.42. The van der Waals surface area contributed by atoms with Crippen molar-refractivity contribution in [1.82, 2.24) is 4.98 Å². The number of rotatable bonds is 2. The second-order valence-corrected chi connectivity index (χ2v) is 3.94. The molecule has 1 atom stereocenters. The quantitative estimate of drug-likeness (QED) is 0.780.